The van der Waals surface area contributed by atoms with Gasteiger partial charge in [0.05, 0.1) is 18.0 Å². The molecule has 0 spiro atoms. The van der Waals surface area contributed by atoms with Crippen molar-refractivity contribution < 1.29 is 26.7 Å². The number of nitrogens with one attached hydrogen (secondary N) is 1. The Hall–Kier alpha value is -2.55. The minimum atomic E-state index is -3.89. The van der Waals surface area contributed by atoms with Crippen LogP contribution in [0, 0.1) is 18.6 Å². The Morgan fingerprint density at radius 1 is 1.17 bits per heavy atom. The molecule has 0 saturated carbocycles. The summed E-state index contributed by atoms with van der Waals surface area (Å²) in [5, 5.41) is 0. The summed E-state index contributed by atoms with van der Waals surface area (Å²) in [7, 11) is -3.89. The van der Waals surface area contributed by atoms with Crippen LogP contribution in [0.1, 0.15) is 15.9 Å². The number of benzene rings is 1. The van der Waals surface area contributed by atoms with Crippen molar-refractivity contribution in [3.05, 3.63) is 53.4 Å². The van der Waals surface area contributed by atoms with Crippen LogP contribution in [0.15, 0.2) is 30.6 Å². The molecule has 0 aliphatic rings. The van der Waals surface area contributed by atoms with E-state index in [0.717, 1.165) is 11.8 Å². The van der Waals surface area contributed by atoms with E-state index >= 15 is 0 Å². The lowest BCUT2D eigenvalue weighted by atomic mass is 10.2. The quantitative estimate of drug-likeness (QED) is 0.920. The molecule has 1 amide bonds. The number of halogens is 2. The van der Waals surface area contributed by atoms with Crippen molar-refractivity contribution in [1.29, 1.82) is 0 Å². The molecule has 2 rings (SSSR count). The first kappa shape index (κ1) is 16.8. The van der Waals surface area contributed by atoms with Gasteiger partial charge in [0.15, 0.2) is 11.6 Å². The third kappa shape index (κ3) is 4.46. The highest BCUT2D eigenvalue weighted by Crippen LogP contribution is 2.27. The molecular formula is C14H12F2N2O4S. The second kappa shape index (κ2) is 6.29. The Balaban J connectivity index is 2.32. The maximum Gasteiger partial charge on any atom is 0.267 e. The molecule has 0 atom stereocenters. The molecule has 0 unspecified atom stereocenters. The van der Waals surface area contributed by atoms with Crippen LogP contribution in [-0.2, 0) is 10.0 Å². The topological polar surface area (TPSA) is 85.4 Å². The molecule has 1 heterocycles. The second-order valence-electron chi connectivity index (χ2n) is 4.77. The summed E-state index contributed by atoms with van der Waals surface area (Å²) >= 11 is 0. The Morgan fingerprint density at radius 3 is 2.48 bits per heavy atom. The highest BCUT2D eigenvalue weighted by molar-refractivity contribution is 7.89. The Bertz CT molecular complexity index is 869. The number of ether oxygens (including phenoxy) is 1. The van der Waals surface area contributed by atoms with Gasteiger partial charge in [0.2, 0.25) is 10.0 Å². The average molecular weight is 342 g/mol. The standard InChI is InChI=1S/C14H12F2N2O4S/c1-8-3-9(7-17-6-8)22-13-5-11(15)10(4-12(13)16)14(19)18-23(2,20)21/h3-7H,1-2H3,(H,18,19). The third-order valence-corrected chi connectivity index (χ3v) is 3.18. The second-order valence-corrected chi connectivity index (χ2v) is 6.51. The van der Waals surface area contributed by atoms with E-state index in [9.17, 15) is 22.0 Å². The van der Waals surface area contributed by atoms with Crippen molar-refractivity contribution >= 4 is 15.9 Å². The Morgan fingerprint density at radius 2 is 1.87 bits per heavy atom. The number of nitrogens with zero attached hydrogens (tertiary/aromatic N) is 1. The molecule has 6 nitrogen and oxygen atoms in total. The minimum absolute atomic E-state index is 0.191. The molecule has 0 fully saturated rings. The number of hydrogen-bond donors (Lipinski definition) is 1. The van der Waals surface area contributed by atoms with E-state index in [1.807, 2.05) is 0 Å². The minimum Gasteiger partial charge on any atom is -0.453 e. The summed E-state index contributed by atoms with van der Waals surface area (Å²) in [5.74, 6) is -3.68. The van der Waals surface area contributed by atoms with Gasteiger partial charge in [-0.1, -0.05) is 0 Å². The van der Waals surface area contributed by atoms with E-state index in [2.05, 4.69) is 4.98 Å². The molecule has 0 aliphatic heterocycles. The van der Waals surface area contributed by atoms with Crippen molar-refractivity contribution in [3.63, 3.8) is 0 Å². The monoisotopic (exact) mass is 342 g/mol. The number of amides is 1. The predicted octanol–water partition coefficient (Wildman–Crippen LogP) is 2.15. The van der Waals surface area contributed by atoms with Gasteiger partial charge in [0.1, 0.15) is 11.6 Å². The summed E-state index contributed by atoms with van der Waals surface area (Å²) in [4.78, 5) is 15.4. The van der Waals surface area contributed by atoms with Gasteiger partial charge in [0.25, 0.3) is 5.91 Å². The molecule has 0 bridgehead atoms. The zero-order valence-corrected chi connectivity index (χ0v) is 12.9. The first-order valence-corrected chi connectivity index (χ1v) is 8.15. The fourth-order valence-electron chi connectivity index (χ4n) is 1.71. The summed E-state index contributed by atoms with van der Waals surface area (Å²) < 4.78 is 56.6. The number of aromatic nitrogens is 1. The maximum atomic E-state index is 14.0. The molecule has 0 radical (unpaired) electrons. The smallest absolute Gasteiger partial charge is 0.267 e. The SMILES string of the molecule is Cc1cncc(Oc2cc(F)c(C(=O)NS(C)(=O)=O)cc2F)c1. The number of hydrogen-bond acceptors (Lipinski definition) is 5. The van der Waals surface area contributed by atoms with E-state index in [0.29, 0.717) is 12.1 Å². The van der Waals surface area contributed by atoms with Crippen LogP contribution in [-0.4, -0.2) is 25.6 Å². The largest absolute Gasteiger partial charge is 0.453 e. The van der Waals surface area contributed by atoms with Crippen LogP contribution in [0.5, 0.6) is 11.5 Å². The lowest BCUT2D eigenvalue weighted by molar-refractivity contribution is 0.0977. The van der Waals surface area contributed by atoms with Gasteiger partial charge < -0.3 is 4.74 Å². The Kier molecular flexibility index (Phi) is 4.60. The zero-order valence-electron chi connectivity index (χ0n) is 12.1. The number of carbonyl (C=O) groups is 1. The van der Waals surface area contributed by atoms with E-state index < -0.39 is 38.9 Å². The van der Waals surface area contributed by atoms with Crippen molar-refractivity contribution in [1.82, 2.24) is 9.71 Å². The molecule has 1 aromatic heterocycles. The van der Waals surface area contributed by atoms with Crippen LogP contribution < -0.4 is 9.46 Å². The molecule has 0 saturated heterocycles. The Labute approximate surface area is 131 Å². The van der Waals surface area contributed by atoms with E-state index in [4.69, 9.17) is 4.74 Å². The predicted molar refractivity (Wildman–Crippen MR) is 77.7 cm³/mol. The van der Waals surface area contributed by atoms with Gasteiger partial charge in [-0.25, -0.2) is 21.9 Å². The molecule has 0 aliphatic carbocycles. The number of sulfonamides is 1. The molecule has 122 valence electrons. The number of aryl methyl sites for hydroxylation is 1. The summed E-state index contributed by atoms with van der Waals surface area (Å²) in [6.45, 7) is 1.75. The molecule has 9 heteroatoms. The van der Waals surface area contributed by atoms with E-state index in [1.165, 1.54) is 6.20 Å². The van der Waals surface area contributed by atoms with Crippen LogP contribution in [0.4, 0.5) is 8.78 Å². The normalized spacial score (nSPS) is 11.1. The van der Waals surface area contributed by atoms with Crippen molar-refractivity contribution in [2.45, 2.75) is 6.92 Å². The van der Waals surface area contributed by atoms with Crippen LogP contribution in [0.3, 0.4) is 0 Å². The maximum absolute atomic E-state index is 14.0. The molecule has 1 aromatic carbocycles. The number of rotatable bonds is 4. The summed E-state index contributed by atoms with van der Waals surface area (Å²) in [6, 6.07) is 2.79. The highest BCUT2D eigenvalue weighted by atomic mass is 32.2. The van der Waals surface area contributed by atoms with Crippen molar-refractivity contribution in [2.24, 2.45) is 0 Å². The summed E-state index contributed by atoms with van der Waals surface area (Å²) in [6.07, 6.45) is 3.60. The number of carbonyl (C=O) groups excluding carboxylic acids is 1. The third-order valence-electron chi connectivity index (χ3n) is 2.62. The van der Waals surface area contributed by atoms with Gasteiger partial charge in [-0.15, -0.1) is 0 Å². The van der Waals surface area contributed by atoms with Crippen molar-refractivity contribution in [3.8, 4) is 11.5 Å². The first-order chi connectivity index (χ1) is 10.7. The zero-order chi connectivity index (χ0) is 17.2. The van der Waals surface area contributed by atoms with Gasteiger partial charge >= 0.3 is 0 Å². The highest BCUT2D eigenvalue weighted by Gasteiger charge is 2.19. The molecule has 2 aromatic rings. The van der Waals surface area contributed by atoms with E-state index in [-0.39, 0.29) is 5.75 Å². The van der Waals surface area contributed by atoms with Gasteiger partial charge in [-0.3, -0.25) is 9.78 Å². The van der Waals surface area contributed by atoms with E-state index in [1.54, 1.807) is 23.9 Å². The lowest BCUT2D eigenvalue weighted by Gasteiger charge is -2.09. The van der Waals surface area contributed by atoms with Gasteiger partial charge in [-0.05, 0) is 24.6 Å². The van der Waals surface area contributed by atoms with Gasteiger partial charge in [-0.2, -0.15) is 0 Å². The molecule has 23 heavy (non-hydrogen) atoms. The lowest BCUT2D eigenvalue weighted by Crippen LogP contribution is -2.30. The summed E-state index contributed by atoms with van der Waals surface area (Å²) in [5.41, 5.74) is 0.00942. The molecule has 1 N–H and O–H groups in total. The molecular weight excluding hydrogens is 330 g/mol. The van der Waals surface area contributed by atoms with Gasteiger partial charge in [0, 0.05) is 12.3 Å². The van der Waals surface area contributed by atoms with Crippen LogP contribution in [0.2, 0.25) is 0 Å². The van der Waals surface area contributed by atoms with Crippen LogP contribution >= 0.6 is 0 Å². The van der Waals surface area contributed by atoms with Crippen LogP contribution in [0.25, 0.3) is 0 Å². The van der Waals surface area contributed by atoms with Crippen molar-refractivity contribution in [2.75, 3.05) is 6.26 Å². The average Bonchev–Trinajstić information content (AvgIpc) is 2.40. The fourth-order valence-corrected chi connectivity index (χ4v) is 2.16. The number of pyridine rings is 1. The first-order valence-electron chi connectivity index (χ1n) is 6.26. The fraction of sp³-hybridized carbons (Fsp3) is 0.143.